The zero-order valence-corrected chi connectivity index (χ0v) is 16.5. The monoisotopic (exact) mass is 375 g/mol. The Morgan fingerprint density at radius 1 is 0.870 bits per heavy atom. The third-order valence-corrected chi connectivity index (χ3v) is 6.93. The van der Waals surface area contributed by atoms with Gasteiger partial charge in [0.1, 0.15) is 18.6 Å². The molecule has 0 spiro atoms. The Kier molecular flexibility index (Phi) is 9.77. The number of hydrogen-bond donors (Lipinski definition) is 0. The molecule has 0 N–H and O–H groups in total. The van der Waals surface area contributed by atoms with Crippen molar-refractivity contribution in [1.82, 2.24) is 4.90 Å². The fourth-order valence-corrected chi connectivity index (χ4v) is 4.37. The van der Waals surface area contributed by atoms with E-state index in [1.54, 1.807) is 13.8 Å². The van der Waals surface area contributed by atoms with Crippen molar-refractivity contribution in [2.75, 3.05) is 48.1 Å². The second-order valence-electron chi connectivity index (χ2n) is 5.04. The molecule has 0 aliphatic carbocycles. The molecule has 1 unspecified atom stereocenters. The van der Waals surface area contributed by atoms with Crippen LogP contribution in [0.2, 0.25) is 0 Å². The van der Waals surface area contributed by atoms with Gasteiger partial charge in [-0.1, -0.05) is 13.8 Å². The van der Waals surface area contributed by atoms with Crippen LogP contribution < -0.4 is 0 Å². The number of nitrogens with zero attached hydrogens (tertiary/aromatic N) is 1. The van der Waals surface area contributed by atoms with Crippen LogP contribution in [0.15, 0.2) is 0 Å². The molecule has 0 aromatic rings. The normalized spacial score (nSPS) is 14.3. The predicted molar refractivity (Wildman–Crippen MR) is 85.5 cm³/mol. The summed E-state index contributed by atoms with van der Waals surface area (Å²) in [5.74, 6) is -0.774. The van der Waals surface area contributed by atoms with Gasteiger partial charge in [-0.2, -0.15) is 0 Å². The number of rotatable bonds is 11. The van der Waals surface area contributed by atoms with Gasteiger partial charge in [-0.3, -0.25) is 18.8 Å². The lowest BCUT2D eigenvalue weighted by atomic mass is 10.0. The van der Waals surface area contributed by atoms with E-state index in [0.29, 0.717) is 0 Å². The second-order valence-corrected chi connectivity index (χ2v) is 9.51. The molecule has 138 valence electrons. The Balaban J connectivity index is 5.72. The third kappa shape index (κ3) is 6.63. The largest absolute Gasteiger partial charge is 0.468 e. The number of methoxy groups -OCH3 is 1. The number of carbonyl (C=O) groups is 1. The van der Waals surface area contributed by atoms with Crippen LogP contribution in [-0.4, -0.2) is 65.0 Å². The van der Waals surface area contributed by atoms with Crippen molar-refractivity contribution >= 4 is 21.2 Å². The molecule has 0 fully saturated rings. The van der Waals surface area contributed by atoms with Gasteiger partial charge in [0.25, 0.3) is 0 Å². The maximum atomic E-state index is 12.5. The standard InChI is InChI=1S/C12H27NO8P2/c1-10(2)11(12(14)17-3)13(8-22(15,18-4)19-5)9-23(16,20-6)21-7/h10-11H,8-9H2,1-7H3. The van der Waals surface area contributed by atoms with Crippen LogP contribution in [0.4, 0.5) is 0 Å². The van der Waals surface area contributed by atoms with Gasteiger partial charge in [0.05, 0.1) is 7.11 Å². The maximum absolute atomic E-state index is 12.5. The Morgan fingerprint density at radius 3 is 1.43 bits per heavy atom. The summed E-state index contributed by atoms with van der Waals surface area (Å²) >= 11 is 0. The van der Waals surface area contributed by atoms with E-state index in [-0.39, 0.29) is 18.5 Å². The molecule has 9 nitrogen and oxygen atoms in total. The molecule has 0 bridgehead atoms. The minimum atomic E-state index is -3.50. The number of esters is 1. The summed E-state index contributed by atoms with van der Waals surface area (Å²) in [5.41, 5.74) is 0. The molecule has 0 aromatic carbocycles. The van der Waals surface area contributed by atoms with Crippen LogP contribution in [-0.2, 0) is 36.8 Å². The molecule has 0 rings (SSSR count). The Labute approximate surface area is 137 Å². The first-order chi connectivity index (χ1) is 10.6. The summed E-state index contributed by atoms with van der Waals surface area (Å²) in [6, 6.07) is -0.822. The van der Waals surface area contributed by atoms with Gasteiger partial charge in [0, 0.05) is 28.4 Å². The topological polar surface area (TPSA) is 101 Å². The lowest BCUT2D eigenvalue weighted by Crippen LogP contribution is -2.46. The lowest BCUT2D eigenvalue weighted by Gasteiger charge is -2.34. The molecule has 23 heavy (non-hydrogen) atoms. The summed E-state index contributed by atoms with van der Waals surface area (Å²) in [7, 11) is -0.827. The highest BCUT2D eigenvalue weighted by molar-refractivity contribution is 7.54. The van der Waals surface area contributed by atoms with Crippen molar-refractivity contribution in [2.45, 2.75) is 19.9 Å². The molecule has 0 saturated heterocycles. The number of hydrogen-bond acceptors (Lipinski definition) is 9. The molecule has 0 amide bonds. The first-order valence-electron chi connectivity index (χ1n) is 6.84. The quantitative estimate of drug-likeness (QED) is 0.398. The molecule has 0 heterocycles. The zero-order valence-electron chi connectivity index (χ0n) is 14.7. The molecule has 0 aliphatic rings. The predicted octanol–water partition coefficient (Wildman–Crippen LogP) is 2.37. The molecular weight excluding hydrogens is 348 g/mol. The summed E-state index contributed by atoms with van der Waals surface area (Å²) in [6.45, 7) is 3.56. The van der Waals surface area contributed by atoms with Crippen molar-refractivity contribution < 1.29 is 36.8 Å². The first-order valence-corrected chi connectivity index (χ1v) is 10.3. The van der Waals surface area contributed by atoms with Gasteiger partial charge in [0.2, 0.25) is 0 Å². The molecule has 1 atom stereocenters. The van der Waals surface area contributed by atoms with Crippen molar-refractivity contribution in [2.24, 2.45) is 5.92 Å². The average Bonchev–Trinajstić information content (AvgIpc) is 2.53. The highest BCUT2D eigenvalue weighted by atomic mass is 31.2. The van der Waals surface area contributed by atoms with Gasteiger partial charge < -0.3 is 22.8 Å². The van der Waals surface area contributed by atoms with Crippen LogP contribution >= 0.6 is 15.2 Å². The summed E-state index contributed by atoms with van der Waals surface area (Å²) in [4.78, 5) is 13.5. The number of ether oxygens (including phenoxy) is 1. The Hall–Kier alpha value is -0.270. The van der Waals surface area contributed by atoms with Gasteiger partial charge in [-0.15, -0.1) is 0 Å². The van der Waals surface area contributed by atoms with Gasteiger partial charge in [0.15, 0.2) is 0 Å². The van der Waals surface area contributed by atoms with Crippen LogP contribution in [0.1, 0.15) is 13.8 Å². The zero-order chi connectivity index (χ0) is 18.3. The summed E-state index contributed by atoms with van der Waals surface area (Å²) < 4.78 is 49.3. The SMILES string of the molecule is COC(=O)C(C(C)C)N(CP(=O)(OC)OC)CP(=O)(OC)OC. The van der Waals surface area contributed by atoms with E-state index in [4.69, 9.17) is 22.8 Å². The van der Waals surface area contributed by atoms with Gasteiger partial charge in [-0.25, -0.2) is 0 Å². The summed E-state index contributed by atoms with van der Waals surface area (Å²) in [6.07, 6.45) is -0.538. The van der Waals surface area contributed by atoms with Crippen LogP contribution in [0.25, 0.3) is 0 Å². The van der Waals surface area contributed by atoms with Crippen molar-refractivity contribution in [3.63, 3.8) is 0 Å². The molecule has 0 aliphatic heterocycles. The Morgan fingerprint density at radius 2 is 1.22 bits per heavy atom. The molecule has 0 radical (unpaired) electrons. The highest BCUT2D eigenvalue weighted by Gasteiger charge is 2.40. The van der Waals surface area contributed by atoms with E-state index < -0.39 is 27.2 Å². The Bertz CT molecular complexity index is 426. The van der Waals surface area contributed by atoms with E-state index in [1.165, 1.54) is 40.4 Å². The van der Waals surface area contributed by atoms with Crippen molar-refractivity contribution in [3.8, 4) is 0 Å². The van der Waals surface area contributed by atoms with Crippen LogP contribution in [0.3, 0.4) is 0 Å². The first kappa shape index (κ1) is 22.7. The molecular formula is C12H27NO8P2. The smallest absolute Gasteiger partial charge is 0.344 e. The van der Waals surface area contributed by atoms with Crippen molar-refractivity contribution in [3.05, 3.63) is 0 Å². The van der Waals surface area contributed by atoms with Gasteiger partial charge in [-0.05, 0) is 5.92 Å². The minimum absolute atomic E-state index is 0.216. The second kappa shape index (κ2) is 9.89. The molecule has 0 saturated carbocycles. The van der Waals surface area contributed by atoms with Crippen LogP contribution in [0.5, 0.6) is 0 Å². The lowest BCUT2D eigenvalue weighted by molar-refractivity contribution is -0.148. The molecule has 0 aromatic heterocycles. The fraction of sp³-hybridized carbons (Fsp3) is 0.917. The maximum Gasteiger partial charge on any atom is 0.344 e. The van der Waals surface area contributed by atoms with Crippen molar-refractivity contribution in [1.29, 1.82) is 0 Å². The number of carbonyl (C=O) groups excluding carboxylic acids is 1. The fourth-order valence-electron chi connectivity index (χ4n) is 2.01. The van der Waals surface area contributed by atoms with E-state index >= 15 is 0 Å². The van der Waals surface area contributed by atoms with E-state index in [9.17, 15) is 13.9 Å². The van der Waals surface area contributed by atoms with Crippen LogP contribution in [0, 0.1) is 5.92 Å². The third-order valence-electron chi connectivity index (χ3n) is 3.29. The van der Waals surface area contributed by atoms with E-state index in [1.807, 2.05) is 0 Å². The summed E-state index contributed by atoms with van der Waals surface area (Å²) in [5, 5.41) is 0. The highest BCUT2D eigenvalue weighted by Crippen LogP contribution is 2.52. The van der Waals surface area contributed by atoms with Gasteiger partial charge >= 0.3 is 21.2 Å². The van der Waals surface area contributed by atoms with E-state index in [0.717, 1.165) is 0 Å². The average molecular weight is 375 g/mol. The van der Waals surface area contributed by atoms with E-state index in [2.05, 4.69) is 0 Å². The molecule has 11 heteroatoms. The minimum Gasteiger partial charge on any atom is -0.468 e.